The van der Waals surface area contributed by atoms with Crippen molar-refractivity contribution in [2.75, 3.05) is 52.9 Å². The van der Waals surface area contributed by atoms with Crippen LogP contribution in [0.4, 0.5) is 17.1 Å². The lowest BCUT2D eigenvalue weighted by Gasteiger charge is -2.34. The van der Waals surface area contributed by atoms with Crippen LogP contribution < -0.4 is 13.9 Å². The molecule has 0 unspecified atom stereocenters. The van der Waals surface area contributed by atoms with Crippen molar-refractivity contribution in [3.8, 4) is 0 Å². The molecule has 32 heavy (non-hydrogen) atoms. The van der Waals surface area contributed by atoms with Crippen LogP contribution in [0, 0.1) is 6.92 Å². The minimum Gasteiger partial charge on any atom is -0.369 e. The van der Waals surface area contributed by atoms with E-state index in [-0.39, 0.29) is 22.8 Å². The van der Waals surface area contributed by atoms with Crippen molar-refractivity contribution in [1.82, 2.24) is 4.90 Å². The predicted molar refractivity (Wildman–Crippen MR) is 124 cm³/mol. The van der Waals surface area contributed by atoms with E-state index in [4.69, 9.17) is 0 Å². The van der Waals surface area contributed by atoms with E-state index in [1.165, 1.54) is 18.2 Å². The Morgan fingerprint density at radius 3 is 2.12 bits per heavy atom. The molecule has 0 spiro atoms. The second kappa shape index (κ2) is 8.38. The number of rotatable bonds is 5. The highest BCUT2D eigenvalue weighted by atomic mass is 32.2. The van der Waals surface area contributed by atoms with Crippen molar-refractivity contribution in [1.29, 1.82) is 0 Å². The first kappa shape index (κ1) is 22.6. The van der Waals surface area contributed by atoms with E-state index in [1.54, 1.807) is 19.1 Å². The number of hydrogen-bond acceptors (Lipinski definition) is 7. The molecule has 2 aliphatic rings. The number of carbonyl (C=O) groups is 1. The summed E-state index contributed by atoms with van der Waals surface area (Å²) >= 11 is 0. The number of piperazine rings is 1. The molecule has 4 rings (SSSR count). The number of nitrogens with zero attached hydrogens (tertiary/aromatic N) is 3. The Morgan fingerprint density at radius 1 is 0.938 bits per heavy atom. The lowest BCUT2D eigenvalue weighted by atomic mass is 10.2. The van der Waals surface area contributed by atoms with Gasteiger partial charge in [0.1, 0.15) is 0 Å². The second-order valence-corrected chi connectivity index (χ2v) is 11.7. The molecular formula is C21H26N4O5S2. The lowest BCUT2D eigenvalue weighted by Crippen LogP contribution is -2.44. The van der Waals surface area contributed by atoms with Crippen LogP contribution in [-0.4, -0.2) is 66.6 Å². The van der Waals surface area contributed by atoms with Gasteiger partial charge in [-0.25, -0.2) is 21.1 Å². The number of likely N-dealkylation sites (N-methyl/N-ethyl adjacent to an activating group) is 1. The van der Waals surface area contributed by atoms with E-state index in [1.807, 2.05) is 12.1 Å². The molecule has 172 valence electrons. The summed E-state index contributed by atoms with van der Waals surface area (Å²) in [5.41, 5.74) is 1.97. The lowest BCUT2D eigenvalue weighted by molar-refractivity contribution is -0.116. The maximum Gasteiger partial charge on any atom is 0.262 e. The average molecular weight is 479 g/mol. The average Bonchev–Trinajstić information content (AvgIpc) is 3.01. The highest BCUT2D eigenvalue weighted by molar-refractivity contribution is 7.94. The number of hydrogen-bond donors (Lipinski definition) is 1. The molecule has 0 aliphatic carbocycles. The SMILES string of the molecule is Cc1cc(N2C(=O)CCS2(=O)=O)ccc1S(=O)(=O)Nc1ccc(N2CCN(C)CC2)cc1. The Kier molecular flexibility index (Phi) is 5.91. The zero-order valence-electron chi connectivity index (χ0n) is 18.0. The predicted octanol–water partition coefficient (Wildman–Crippen LogP) is 1.61. The van der Waals surface area contributed by atoms with Crippen LogP contribution in [0.5, 0.6) is 0 Å². The molecule has 0 saturated carbocycles. The number of carbonyl (C=O) groups excluding carboxylic acids is 1. The van der Waals surface area contributed by atoms with Crippen molar-refractivity contribution in [2.45, 2.75) is 18.2 Å². The van der Waals surface area contributed by atoms with E-state index in [2.05, 4.69) is 21.6 Å². The smallest absolute Gasteiger partial charge is 0.262 e. The third-order valence-corrected chi connectivity index (χ3v) is 8.98. The Balaban J connectivity index is 1.52. The van der Waals surface area contributed by atoms with E-state index in [0.717, 1.165) is 36.2 Å². The van der Waals surface area contributed by atoms with Crippen LogP contribution in [0.15, 0.2) is 47.4 Å². The highest BCUT2D eigenvalue weighted by Crippen LogP contribution is 2.29. The number of amides is 1. The summed E-state index contributed by atoms with van der Waals surface area (Å²) in [5.74, 6) is -0.755. The number of anilines is 3. The van der Waals surface area contributed by atoms with Crippen molar-refractivity contribution in [3.05, 3.63) is 48.0 Å². The molecule has 1 amide bonds. The summed E-state index contributed by atoms with van der Waals surface area (Å²) in [6.45, 7) is 5.37. The van der Waals surface area contributed by atoms with Crippen molar-refractivity contribution < 1.29 is 21.6 Å². The van der Waals surface area contributed by atoms with Crippen molar-refractivity contribution >= 4 is 43.0 Å². The first-order chi connectivity index (χ1) is 15.1. The van der Waals surface area contributed by atoms with E-state index < -0.39 is 26.0 Å². The molecule has 2 fully saturated rings. The number of sulfonamides is 2. The summed E-state index contributed by atoms with van der Waals surface area (Å²) < 4.78 is 53.5. The van der Waals surface area contributed by atoms with Gasteiger partial charge >= 0.3 is 0 Å². The van der Waals surface area contributed by atoms with Gasteiger partial charge in [-0.15, -0.1) is 0 Å². The molecule has 11 heteroatoms. The first-order valence-corrected chi connectivity index (χ1v) is 13.4. The zero-order chi connectivity index (χ0) is 23.1. The minimum absolute atomic E-state index is 0.0217. The molecule has 0 radical (unpaired) electrons. The van der Waals surface area contributed by atoms with Gasteiger partial charge in [0.25, 0.3) is 10.0 Å². The monoisotopic (exact) mass is 478 g/mol. The zero-order valence-corrected chi connectivity index (χ0v) is 19.6. The summed E-state index contributed by atoms with van der Waals surface area (Å²) in [6.07, 6.45) is -0.0763. The fourth-order valence-electron chi connectivity index (χ4n) is 3.95. The Morgan fingerprint density at radius 2 is 1.56 bits per heavy atom. The van der Waals surface area contributed by atoms with Crippen molar-refractivity contribution in [3.63, 3.8) is 0 Å². The molecule has 2 aromatic carbocycles. The Labute approximate surface area is 188 Å². The largest absolute Gasteiger partial charge is 0.369 e. The maximum atomic E-state index is 12.9. The maximum absolute atomic E-state index is 12.9. The van der Waals surface area contributed by atoms with Gasteiger partial charge in [0.2, 0.25) is 15.9 Å². The quantitative estimate of drug-likeness (QED) is 0.696. The van der Waals surface area contributed by atoms with Crippen LogP contribution in [0.2, 0.25) is 0 Å². The van der Waals surface area contributed by atoms with Gasteiger partial charge in [0.05, 0.1) is 16.3 Å². The van der Waals surface area contributed by atoms with E-state index >= 15 is 0 Å². The molecule has 9 nitrogen and oxygen atoms in total. The second-order valence-electron chi connectivity index (χ2n) is 8.12. The van der Waals surface area contributed by atoms with Gasteiger partial charge in [-0.05, 0) is 62.0 Å². The summed E-state index contributed by atoms with van der Waals surface area (Å²) in [6, 6.07) is 11.3. The summed E-state index contributed by atoms with van der Waals surface area (Å²) in [4.78, 5) is 16.5. The van der Waals surface area contributed by atoms with Gasteiger partial charge in [0, 0.05) is 44.0 Å². The third-order valence-electron chi connectivity index (χ3n) is 5.75. The van der Waals surface area contributed by atoms with Crippen molar-refractivity contribution in [2.24, 2.45) is 0 Å². The van der Waals surface area contributed by atoms with Gasteiger partial charge in [-0.2, -0.15) is 0 Å². The van der Waals surface area contributed by atoms with Crippen LogP contribution in [-0.2, 0) is 24.8 Å². The Hall–Kier alpha value is -2.63. The van der Waals surface area contributed by atoms with Crippen LogP contribution in [0.3, 0.4) is 0 Å². The molecule has 0 bridgehead atoms. The summed E-state index contributed by atoms with van der Waals surface area (Å²) in [7, 11) is -5.51. The molecule has 2 aliphatic heterocycles. The normalized spacial score (nSPS) is 19.4. The van der Waals surface area contributed by atoms with Crippen LogP contribution in [0.25, 0.3) is 0 Å². The molecule has 0 aromatic heterocycles. The molecular weight excluding hydrogens is 452 g/mol. The van der Waals surface area contributed by atoms with E-state index in [0.29, 0.717) is 11.3 Å². The topological polar surface area (TPSA) is 107 Å². The van der Waals surface area contributed by atoms with Crippen LogP contribution in [0.1, 0.15) is 12.0 Å². The third kappa shape index (κ3) is 4.45. The molecule has 0 atom stereocenters. The van der Waals surface area contributed by atoms with Gasteiger partial charge in [-0.3, -0.25) is 9.52 Å². The number of aryl methyl sites for hydroxylation is 1. The fraction of sp³-hybridized carbons (Fsp3) is 0.381. The fourth-order valence-corrected chi connectivity index (χ4v) is 6.68. The van der Waals surface area contributed by atoms with Crippen LogP contribution >= 0.6 is 0 Å². The van der Waals surface area contributed by atoms with Gasteiger partial charge < -0.3 is 9.80 Å². The molecule has 2 aromatic rings. The number of nitrogens with one attached hydrogen (secondary N) is 1. The minimum atomic E-state index is -3.89. The number of benzene rings is 2. The van der Waals surface area contributed by atoms with Gasteiger partial charge in [0.15, 0.2) is 0 Å². The highest BCUT2D eigenvalue weighted by Gasteiger charge is 2.36. The van der Waals surface area contributed by atoms with Gasteiger partial charge in [-0.1, -0.05) is 0 Å². The Bertz CT molecular complexity index is 1240. The molecule has 1 N–H and O–H groups in total. The standard InChI is InChI=1S/C21H26N4O5S2/c1-16-15-19(25-21(26)9-14-31(25,27)28)7-8-20(16)32(29,30)22-17-3-5-18(6-4-17)24-12-10-23(2)11-13-24/h3-8,15,22H,9-14H2,1-2H3. The summed E-state index contributed by atoms with van der Waals surface area (Å²) in [5, 5.41) is 0. The molecule has 2 saturated heterocycles. The molecule has 2 heterocycles. The first-order valence-electron chi connectivity index (χ1n) is 10.3. The van der Waals surface area contributed by atoms with E-state index in [9.17, 15) is 21.6 Å².